The molecule has 2 rings (SSSR count). The quantitative estimate of drug-likeness (QED) is 0.413. The number of carbonyl (C=O) groups is 2. The van der Waals surface area contributed by atoms with Crippen LogP contribution >= 0.6 is 23.2 Å². The first-order valence-electron chi connectivity index (χ1n) is 11.3. The number of carbonyl (C=O) groups excluding carboxylic acids is 2. The molecular weight excluding hydrogens is 459 g/mol. The van der Waals surface area contributed by atoms with Gasteiger partial charge in [-0.25, -0.2) is 0 Å². The standard InChI is InChI=1S/C26H34Cl2N2O3/c1-6-7-14-29-25(32)18(2)30(16-19-8-11-21(27)15-23(19)28)24(31)17-33-22-12-9-20(10-13-22)26(3,4)5/h8-13,15,18H,6-7,14,16-17H2,1-5H3,(H,29,32)/t18-/m1/s1. The van der Waals surface area contributed by atoms with Crippen LogP contribution in [0.1, 0.15) is 58.6 Å². The molecule has 0 bridgehead atoms. The largest absolute Gasteiger partial charge is 0.484 e. The Morgan fingerprint density at radius 1 is 1.09 bits per heavy atom. The van der Waals surface area contributed by atoms with Crippen molar-refractivity contribution in [1.82, 2.24) is 10.2 Å². The highest BCUT2D eigenvalue weighted by Gasteiger charge is 2.27. The molecule has 33 heavy (non-hydrogen) atoms. The zero-order chi connectivity index (χ0) is 24.6. The number of rotatable bonds is 10. The van der Waals surface area contributed by atoms with Gasteiger partial charge in [0.2, 0.25) is 5.91 Å². The normalized spacial score (nSPS) is 12.2. The number of nitrogens with one attached hydrogen (secondary N) is 1. The summed E-state index contributed by atoms with van der Waals surface area (Å²) in [5.74, 6) is 0.0800. The minimum Gasteiger partial charge on any atom is -0.484 e. The van der Waals surface area contributed by atoms with E-state index in [9.17, 15) is 9.59 Å². The highest BCUT2D eigenvalue weighted by atomic mass is 35.5. The molecule has 2 aromatic carbocycles. The van der Waals surface area contributed by atoms with E-state index in [1.807, 2.05) is 24.3 Å². The van der Waals surface area contributed by atoms with Crippen LogP contribution in [-0.2, 0) is 21.5 Å². The SMILES string of the molecule is CCCCNC(=O)[C@@H](C)N(Cc1ccc(Cl)cc1Cl)C(=O)COc1ccc(C(C)(C)C)cc1. The first-order valence-corrected chi connectivity index (χ1v) is 12.0. The summed E-state index contributed by atoms with van der Waals surface area (Å²) in [4.78, 5) is 27.3. The Kier molecular flexibility index (Phi) is 10.1. The van der Waals surface area contributed by atoms with E-state index in [2.05, 4.69) is 33.0 Å². The van der Waals surface area contributed by atoms with Crippen molar-refractivity contribution in [2.45, 2.75) is 65.5 Å². The van der Waals surface area contributed by atoms with E-state index in [0.29, 0.717) is 27.9 Å². The van der Waals surface area contributed by atoms with Gasteiger partial charge in [-0.3, -0.25) is 9.59 Å². The van der Waals surface area contributed by atoms with Crippen LogP contribution in [0.3, 0.4) is 0 Å². The molecule has 0 saturated heterocycles. The smallest absolute Gasteiger partial charge is 0.261 e. The Balaban J connectivity index is 2.15. The van der Waals surface area contributed by atoms with Crippen molar-refractivity contribution >= 4 is 35.0 Å². The fourth-order valence-electron chi connectivity index (χ4n) is 3.23. The van der Waals surface area contributed by atoms with Gasteiger partial charge in [-0.15, -0.1) is 0 Å². The summed E-state index contributed by atoms with van der Waals surface area (Å²) in [6, 6.07) is 12.1. The third-order valence-corrected chi connectivity index (χ3v) is 6.02. The summed E-state index contributed by atoms with van der Waals surface area (Å²) in [5.41, 5.74) is 1.92. The first kappa shape index (κ1) is 27.0. The summed E-state index contributed by atoms with van der Waals surface area (Å²) >= 11 is 12.3. The van der Waals surface area contributed by atoms with Crippen molar-refractivity contribution in [2.75, 3.05) is 13.2 Å². The number of ether oxygens (including phenoxy) is 1. The molecule has 0 spiro atoms. The lowest BCUT2D eigenvalue weighted by Gasteiger charge is -2.29. The van der Waals surface area contributed by atoms with Crippen LogP contribution in [-0.4, -0.2) is 35.9 Å². The third kappa shape index (κ3) is 8.24. The Labute approximate surface area is 207 Å². The monoisotopic (exact) mass is 492 g/mol. The molecule has 0 aliphatic rings. The average molecular weight is 493 g/mol. The van der Waals surface area contributed by atoms with E-state index >= 15 is 0 Å². The molecule has 7 heteroatoms. The molecule has 0 aliphatic heterocycles. The molecule has 1 N–H and O–H groups in total. The highest BCUT2D eigenvalue weighted by Crippen LogP contribution is 2.25. The second-order valence-corrected chi connectivity index (χ2v) is 9.98. The molecule has 0 unspecified atom stereocenters. The van der Waals surface area contributed by atoms with Gasteiger partial charge >= 0.3 is 0 Å². The molecule has 2 aromatic rings. The maximum Gasteiger partial charge on any atom is 0.261 e. The molecule has 0 heterocycles. The number of amides is 2. The van der Waals surface area contributed by atoms with E-state index in [4.69, 9.17) is 27.9 Å². The second kappa shape index (κ2) is 12.3. The van der Waals surface area contributed by atoms with Crippen LogP contribution in [0.25, 0.3) is 0 Å². The van der Waals surface area contributed by atoms with Crippen LogP contribution in [0.4, 0.5) is 0 Å². The summed E-state index contributed by atoms with van der Waals surface area (Å²) in [7, 11) is 0. The summed E-state index contributed by atoms with van der Waals surface area (Å²) < 4.78 is 5.75. The first-order chi connectivity index (χ1) is 15.5. The van der Waals surface area contributed by atoms with E-state index in [1.165, 1.54) is 10.5 Å². The summed E-state index contributed by atoms with van der Waals surface area (Å²) in [5, 5.41) is 3.85. The molecule has 2 amide bonds. The van der Waals surface area contributed by atoms with Crippen LogP contribution < -0.4 is 10.1 Å². The van der Waals surface area contributed by atoms with Gasteiger partial charge in [0.15, 0.2) is 6.61 Å². The number of halogens is 2. The molecule has 0 radical (unpaired) electrons. The molecule has 0 aromatic heterocycles. The fourth-order valence-corrected chi connectivity index (χ4v) is 3.70. The van der Waals surface area contributed by atoms with Crippen LogP contribution in [0, 0.1) is 0 Å². The predicted molar refractivity (Wildman–Crippen MR) is 135 cm³/mol. The highest BCUT2D eigenvalue weighted by molar-refractivity contribution is 6.35. The van der Waals surface area contributed by atoms with Gasteiger partial charge in [0.1, 0.15) is 11.8 Å². The molecular formula is C26H34Cl2N2O3. The summed E-state index contributed by atoms with van der Waals surface area (Å²) in [6.07, 6.45) is 1.85. The third-order valence-electron chi connectivity index (χ3n) is 5.44. The number of nitrogens with zero attached hydrogens (tertiary/aromatic N) is 1. The van der Waals surface area contributed by atoms with Gasteiger partial charge in [-0.05, 0) is 54.2 Å². The predicted octanol–water partition coefficient (Wildman–Crippen LogP) is 6.00. The van der Waals surface area contributed by atoms with E-state index in [-0.39, 0.29) is 30.4 Å². The van der Waals surface area contributed by atoms with Gasteiger partial charge < -0.3 is 15.0 Å². The number of benzene rings is 2. The molecule has 180 valence electrons. The Morgan fingerprint density at radius 3 is 2.33 bits per heavy atom. The zero-order valence-electron chi connectivity index (χ0n) is 20.1. The van der Waals surface area contributed by atoms with Crippen molar-refractivity contribution in [3.63, 3.8) is 0 Å². The topological polar surface area (TPSA) is 58.6 Å². The van der Waals surface area contributed by atoms with Gasteiger partial charge in [0.05, 0.1) is 0 Å². The van der Waals surface area contributed by atoms with Crippen LogP contribution in [0.2, 0.25) is 10.0 Å². The lowest BCUT2D eigenvalue weighted by Crippen LogP contribution is -2.49. The van der Waals surface area contributed by atoms with Gasteiger partial charge in [-0.1, -0.05) is 75.5 Å². The van der Waals surface area contributed by atoms with Gasteiger partial charge in [0, 0.05) is 23.1 Å². The van der Waals surface area contributed by atoms with Crippen molar-refractivity contribution in [2.24, 2.45) is 0 Å². The van der Waals surface area contributed by atoms with Crippen molar-refractivity contribution < 1.29 is 14.3 Å². The lowest BCUT2D eigenvalue weighted by molar-refractivity contribution is -0.142. The number of unbranched alkanes of at least 4 members (excludes halogenated alkanes) is 1. The Morgan fingerprint density at radius 2 is 1.76 bits per heavy atom. The molecule has 1 atom stereocenters. The molecule has 0 fully saturated rings. The minimum atomic E-state index is -0.687. The molecule has 0 saturated carbocycles. The summed E-state index contributed by atoms with van der Waals surface area (Å²) in [6.45, 7) is 10.7. The molecule has 5 nitrogen and oxygen atoms in total. The maximum atomic E-state index is 13.2. The average Bonchev–Trinajstić information content (AvgIpc) is 2.76. The van der Waals surface area contributed by atoms with Gasteiger partial charge in [-0.2, -0.15) is 0 Å². The Bertz CT molecular complexity index is 940. The second-order valence-electron chi connectivity index (χ2n) is 9.14. The van der Waals surface area contributed by atoms with E-state index in [0.717, 1.165) is 12.8 Å². The minimum absolute atomic E-state index is 0.0313. The van der Waals surface area contributed by atoms with Gasteiger partial charge in [0.25, 0.3) is 5.91 Å². The van der Waals surface area contributed by atoms with Crippen molar-refractivity contribution in [1.29, 1.82) is 0 Å². The zero-order valence-corrected chi connectivity index (χ0v) is 21.6. The maximum absolute atomic E-state index is 13.2. The van der Waals surface area contributed by atoms with Crippen LogP contribution in [0.5, 0.6) is 5.75 Å². The Hall–Kier alpha value is -2.24. The van der Waals surface area contributed by atoms with Crippen molar-refractivity contribution in [3.8, 4) is 5.75 Å². The number of hydrogen-bond acceptors (Lipinski definition) is 3. The molecule has 0 aliphatic carbocycles. The number of hydrogen-bond donors (Lipinski definition) is 1. The van der Waals surface area contributed by atoms with Crippen LogP contribution in [0.15, 0.2) is 42.5 Å². The van der Waals surface area contributed by atoms with Crippen molar-refractivity contribution in [3.05, 3.63) is 63.6 Å². The van der Waals surface area contributed by atoms with E-state index < -0.39 is 6.04 Å². The fraction of sp³-hybridized carbons (Fsp3) is 0.462. The van der Waals surface area contributed by atoms with E-state index in [1.54, 1.807) is 25.1 Å². The lowest BCUT2D eigenvalue weighted by atomic mass is 9.87.